The maximum absolute atomic E-state index is 12.1. The highest BCUT2D eigenvalue weighted by Gasteiger charge is 2.19. The number of aromatic nitrogens is 2. The van der Waals surface area contributed by atoms with E-state index in [9.17, 15) is 4.79 Å². The van der Waals surface area contributed by atoms with Crippen LogP contribution in [0.25, 0.3) is 0 Å². The summed E-state index contributed by atoms with van der Waals surface area (Å²) in [7, 11) is 0. The summed E-state index contributed by atoms with van der Waals surface area (Å²) in [6.45, 7) is 6.72. The van der Waals surface area contributed by atoms with Gasteiger partial charge in [0, 0.05) is 12.6 Å². The first kappa shape index (κ1) is 13.4. The Balaban J connectivity index is 2.85. The molecule has 1 amide bonds. The summed E-state index contributed by atoms with van der Waals surface area (Å²) >= 11 is 0. The van der Waals surface area contributed by atoms with Gasteiger partial charge in [0.25, 0.3) is 5.91 Å². The van der Waals surface area contributed by atoms with Crippen molar-refractivity contribution >= 4 is 11.7 Å². The summed E-state index contributed by atoms with van der Waals surface area (Å²) < 4.78 is 0. The monoisotopic (exact) mass is 237 g/mol. The number of amides is 1. The molecular weight excluding hydrogens is 218 g/mol. The van der Waals surface area contributed by atoms with E-state index in [0.29, 0.717) is 11.5 Å². The quantitative estimate of drug-likeness (QED) is 0.590. The summed E-state index contributed by atoms with van der Waals surface area (Å²) in [6.07, 6.45) is 0.916. The number of hydrazine groups is 1. The van der Waals surface area contributed by atoms with Crippen LogP contribution in [0, 0.1) is 0 Å². The van der Waals surface area contributed by atoms with Crippen LogP contribution in [-0.2, 0) is 0 Å². The lowest BCUT2D eigenvalue weighted by atomic mass is 10.2. The molecule has 1 heterocycles. The van der Waals surface area contributed by atoms with Crippen LogP contribution in [-0.4, -0.2) is 33.6 Å². The first-order valence-corrected chi connectivity index (χ1v) is 5.71. The van der Waals surface area contributed by atoms with Gasteiger partial charge in [-0.3, -0.25) is 4.79 Å². The third-order valence-corrected chi connectivity index (χ3v) is 2.38. The minimum atomic E-state index is -0.0991. The van der Waals surface area contributed by atoms with Gasteiger partial charge in [0.2, 0.25) is 0 Å². The maximum Gasteiger partial charge on any atom is 0.274 e. The molecule has 1 rings (SSSR count). The van der Waals surface area contributed by atoms with E-state index in [4.69, 9.17) is 5.84 Å². The van der Waals surface area contributed by atoms with Gasteiger partial charge in [-0.15, -0.1) is 10.2 Å². The number of nitrogen functional groups attached to an aromatic ring is 1. The van der Waals surface area contributed by atoms with E-state index in [1.54, 1.807) is 17.0 Å². The average Bonchev–Trinajstić information content (AvgIpc) is 2.35. The molecule has 0 spiro atoms. The van der Waals surface area contributed by atoms with Crippen LogP contribution in [0.4, 0.5) is 5.82 Å². The van der Waals surface area contributed by atoms with Crippen LogP contribution < -0.4 is 11.3 Å². The zero-order chi connectivity index (χ0) is 12.8. The molecule has 1 aromatic rings. The largest absolute Gasteiger partial charge is 0.335 e. The van der Waals surface area contributed by atoms with E-state index in [1.165, 1.54) is 0 Å². The highest BCUT2D eigenvalue weighted by molar-refractivity contribution is 5.92. The second-order valence-corrected chi connectivity index (χ2v) is 4.04. The Kier molecular flexibility index (Phi) is 4.84. The van der Waals surface area contributed by atoms with Gasteiger partial charge in [-0.1, -0.05) is 6.92 Å². The van der Waals surface area contributed by atoms with Gasteiger partial charge < -0.3 is 10.3 Å². The Hall–Kier alpha value is -1.69. The molecule has 0 aliphatic rings. The summed E-state index contributed by atoms with van der Waals surface area (Å²) in [4.78, 5) is 13.9. The zero-order valence-electron chi connectivity index (χ0n) is 10.5. The smallest absolute Gasteiger partial charge is 0.274 e. The highest BCUT2D eigenvalue weighted by Crippen LogP contribution is 2.08. The zero-order valence-corrected chi connectivity index (χ0v) is 10.5. The van der Waals surface area contributed by atoms with E-state index < -0.39 is 0 Å². The first-order valence-electron chi connectivity index (χ1n) is 5.71. The van der Waals surface area contributed by atoms with E-state index in [0.717, 1.165) is 13.0 Å². The van der Waals surface area contributed by atoms with Crippen LogP contribution >= 0.6 is 0 Å². The van der Waals surface area contributed by atoms with Gasteiger partial charge in [0.05, 0.1) is 0 Å². The fourth-order valence-corrected chi connectivity index (χ4v) is 1.51. The number of hydrogen-bond acceptors (Lipinski definition) is 5. The Labute approximate surface area is 101 Å². The van der Waals surface area contributed by atoms with Crippen molar-refractivity contribution in [3.8, 4) is 0 Å². The normalized spacial score (nSPS) is 10.4. The fraction of sp³-hybridized carbons (Fsp3) is 0.545. The van der Waals surface area contributed by atoms with Crippen molar-refractivity contribution in [1.82, 2.24) is 15.1 Å². The van der Waals surface area contributed by atoms with Crippen LogP contribution in [0.2, 0.25) is 0 Å². The molecule has 94 valence electrons. The van der Waals surface area contributed by atoms with Crippen molar-refractivity contribution in [2.24, 2.45) is 5.84 Å². The molecule has 0 aliphatic carbocycles. The molecule has 3 N–H and O–H groups in total. The molecule has 6 heteroatoms. The minimum absolute atomic E-state index is 0.0991. The van der Waals surface area contributed by atoms with Gasteiger partial charge in [0.15, 0.2) is 11.5 Å². The molecule has 0 saturated heterocycles. The van der Waals surface area contributed by atoms with E-state index in [2.05, 4.69) is 15.6 Å². The number of nitrogens with two attached hydrogens (primary N) is 1. The summed E-state index contributed by atoms with van der Waals surface area (Å²) in [5, 5.41) is 7.64. The molecular formula is C11H19N5O. The van der Waals surface area contributed by atoms with E-state index >= 15 is 0 Å². The van der Waals surface area contributed by atoms with Gasteiger partial charge in [-0.2, -0.15) is 0 Å². The molecule has 6 nitrogen and oxygen atoms in total. The summed E-state index contributed by atoms with van der Waals surface area (Å²) in [5.74, 6) is 5.52. The number of nitrogens with zero attached hydrogens (tertiary/aromatic N) is 3. The standard InChI is InChI=1S/C11H19N5O/c1-4-7-16(8(2)3)11(17)9-5-6-10(13-12)15-14-9/h5-6,8H,4,7,12H2,1-3H3,(H,13,15). The van der Waals surface area contributed by atoms with Crippen LogP contribution in [0.3, 0.4) is 0 Å². The average molecular weight is 237 g/mol. The van der Waals surface area contributed by atoms with Crippen molar-refractivity contribution in [2.45, 2.75) is 33.2 Å². The third kappa shape index (κ3) is 3.39. The molecule has 0 fully saturated rings. The van der Waals surface area contributed by atoms with E-state index in [1.807, 2.05) is 20.8 Å². The molecule has 0 aliphatic heterocycles. The lowest BCUT2D eigenvalue weighted by molar-refractivity contribution is 0.0698. The Morgan fingerprint density at radius 3 is 2.59 bits per heavy atom. The topological polar surface area (TPSA) is 84.1 Å². The van der Waals surface area contributed by atoms with Gasteiger partial charge in [0.1, 0.15) is 0 Å². The predicted octanol–water partition coefficient (Wildman–Crippen LogP) is 1.02. The SMILES string of the molecule is CCCN(C(=O)c1ccc(NN)nn1)C(C)C. The van der Waals surface area contributed by atoms with E-state index in [-0.39, 0.29) is 11.9 Å². The highest BCUT2D eigenvalue weighted by atomic mass is 16.2. The molecule has 0 radical (unpaired) electrons. The number of carbonyl (C=O) groups is 1. The molecule has 0 bridgehead atoms. The number of rotatable bonds is 5. The van der Waals surface area contributed by atoms with Gasteiger partial charge >= 0.3 is 0 Å². The molecule has 0 aromatic carbocycles. The lowest BCUT2D eigenvalue weighted by Gasteiger charge is -2.25. The van der Waals surface area contributed by atoms with Crippen molar-refractivity contribution < 1.29 is 4.79 Å². The Bertz CT molecular complexity index is 363. The number of carbonyl (C=O) groups excluding carboxylic acids is 1. The van der Waals surface area contributed by atoms with Crippen LogP contribution in [0.15, 0.2) is 12.1 Å². The fourth-order valence-electron chi connectivity index (χ4n) is 1.51. The van der Waals surface area contributed by atoms with Gasteiger partial charge in [-0.05, 0) is 32.4 Å². The van der Waals surface area contributed by atoms with Crippen molar-refractivity contribution in [1.29, 1.82) is 0 Å². The second-order valence-electron chi connectivity index (χ2n) is 4.04. The summed E-state index contributed by atoms with van der Waals surface area (Å²) in [6, 6.07) is 3.40. The Morgan fingerprint density at radius 2 is 2.18 bits per heavy atom. The van der Waals surface area contributed by atoms with Crippen LogP contribution in [0.5, 0.6) is 0 Å². The van der Waals surface area contributed by atoms with Crippen molar-refractivity contribution in [2.75, 3.05) is 12.0 Å². The molecule has 0 atom stereocenters. The second kappa shape index (κ2) is 6.15. The van der Waals surface area contributed by atoms with Crippen molar-refractivity contribution in [3.05, 3.63) is 17.8 Å². The maximum atomic E-state index is 12.1. The molecule has 1 aromatic heterocycles. The van der Waals surface area contributed by atoms with Crippen molar-refractivity contribution in [3.63, 3.8) is 0 Å². The molecule has 0 unspecified atom stereocenters. The predicted molar refractivity (Wildman–Crippen MR) is 66.3 cm³/mol. The van der Waals surface area contributed by atoms with Gasteiger partial charge in [-0.25, -0.2) is 5.84 Å². The molecule has 17 heavy (non-hydrogen) atoms. The Morgan fingerprint density at radius 1 is 1.47 bits per heavy atom. The number of anilines is 1. The number of hydrogen-bond donors (Lipinski definition) is 2. The third-order valence-electron chi connectivity index (χ3n) is 2.38. The first-order chi connectivity index (χ1) is 8.10. The minimum Gasteiger partial charge on any atom is -0.335 e. The molecule has 0 saturated carbocycles. The van der Waals surface area contributed by atoms with Crippen LogP contribution in [0.1, 0.15) is 37.7 Å². The lowest BCUT2D eigenvalue weighted by Crippen LogP contribution is -2.38. The summed E-state index contributed by atoms with van der Waals surface area (Å²) in [5.41, 5.74) is 2.71. The number of nitrogens with one attached hydrogen (secondary N) is 1.